The molecular formula is C16H27N3. The van der Waals surface area contributed by atoms with E-state index in [9.17, 15) is 0 Å². The molecule has 3 heteroatoms. The Balaban J connectivity index is 2.06. The predicted molar refractivity (Wildman–Crippen MR) is 81.1 cm³/mol. The molecule has 0 amide bonds. The number of nitrogens with zero attached hydrogens (tertiary/aromatic N) is 1. The Morgan fingerprint density at radius 3 is 2.63 bits per heavy atom. The Morgan fingerprint density at radius 1 is 1.26 bits per heavy atom. The van der Waals surface area contributed by atoms with E-state index in [0.29, 0.717) is 18.0 Å². The van der Waals surface area contributed by atoms with Crippen LogP contribution in [0.15, 0.2) is 30.3 Å². The van der Waals surface area contributed by atoms with E-state index in [1.807, 2.05) is 0 Å². The number of hydrogen-bond acceptors (Lipinski definition) is 3. The molecule has 19 heavy (non-hydrogen) atoms. The molecule has 1 aliphatic rings. The van der Waals surface area contributed by atoms with Crippen LogP contribution in [-0.2, 0) is 0 Å². The maximum absolute atomic E-state index is 5.89. The summed E-state index contributed by atoms with van der Waals surface area (Å²) in [6, 6.07) is 11.7. The monoisotopic (exact) mass is 261 g/mol. The van der Waals surface area contributed by atoms with Gasteiger partial charge >= 0.3 is 0 Å². The fourth-order valence-corrected chi connectivity index (χ4v) is 3.10. The molecule has 3 unspecified atom stereocenters. The zero-order valence-electron chi connectivity index (χ0n) is 12.2. The molecular weight excluding hydrogens is 234 g/mol. The molecule has 106 valence electrons. The minimum absolute atomic E-state index is 0.397. The first-order valence-electron chi connectivity index (χ1n) is 7.36. The van der Waals surface area contributed by atoms with Crippen molar-refractivity contribution in [1.29, 1.82) is 0 Å². The highest BCUT2D eigenvalue weighted by Crippen LogP contribution is 2.27. The highest BCUT2D eigenvalue weighted by molar-refractivity contribution is 5.19. The zero-order valence-corrected chi connectivity index (χ0v) is 12.2. The summed E-state index contributed by atoms with van der Waals surface area (Å²) in [6.07, 6.45) is 3.85. The lowest BCUT2D eigenvalue weighted by atomic mass is 10.00. The lowest BCUT2D eigenvalue weighted by molar-refractivity contribution is 0.295. The van der Waals surface area contributed by atoms with Crippen LogP contribution in [0.1, 0.15) is 30.9 Å². The highest BCUT2D eigenvalue weighted by atomic mass is 15.1. The fourth-order valence-electron chi connectivity index (χ4n) is 3.10. The van der Waals surface area contributed by atoms with E-state index in [1.165, 1.54) is 24.8 Å². The zero-order chi connectivity index (χ0) is 13.7. The van der Waals surface area contributed by atoms with Crippen LogP contribution in [0, 0.1) is 5.92 Å². The van der Waals surface area contributed by atoms with Gasteiger partial charge in [0.25, 0.3) is 0 Å². The standard InChI is InChI=1S/C16H27N3/c1-19(2)12-16(13-7-4-3-5-8-13)18-15-10-6-9-14(15)11-17/h3-5,7-8,14-16,18H,6,9-12,17H2,1-2H3. The summed E-state index contributed by atoms with van der Waals surface area (Å²) in [5.41, 5.74) is 7.26. The van der Waals surface area contributed by atoms with Gasteiger partial charge in [-0.3, -0.25) is 0 Å². The van der Waals surface area contributed by atoms with E-state index in [4.69, 9.17) is 5.73 Å². The van der Waals surface area contributed by atoms with Gasteiger partial charge in [-0.1, -0.05) is 36.8 Å². The number of likely N-dealkylation sites (N-methyl/N-ethyl adjacent to an activating group) is 1. The van der Waals surface area contributed by atoms with Crippen LogP contribution in [0.25, 0.3) is 0 Å². The van der Waals surface area contributed by atoms with Crippen LogP contribution in [-0.4, -0.2) is 38.1 Å². The van der Waals surface area contributed by atoms with Crippen molar-refractivity contribution in [2.45, 2.75) is 31.3 Å². The molecule has 1 saturated carbocycles. The van der Waals surface area contributed by atoms with E-state index in [0.717, 1.165) is 13.1 Å². The summed E-state index contributed by atoms with van der Waals surface area (Å²) in [5.74, 6) is 0.647. The third kappa shape index (κ3) is 4.03. The first-order valence-corrected chi connectivity index (χ1v) is 7.36. The van der Waals surface area contributed by atoms with Crippen LogP contribution < -0.4 is 11.1 Å². The number of hydrogen-bond donors (Lipinski definition) is 2. The normalized spacial score (nSPS) is 24.8. The molecule has 0 spiro atoms. The average Bonchev–Trinajstić information content (AvgIpc) is 2.86. The molecule has 0 aliphatic heterocycles. The van der Waals surface area contributed by atoms with Gasteiger partial charge in [0.1, 0.15) is 0 Å². The Hall–Kier alpha value is -0.900. The molecule has 3 nitrogen and oxygen atoms in total. The maximum atomic E-state index is 5.89. The Bertz CT molecular complexity index is 364. The van der Waals surface area contributed by atoms with Gasteiger partial charge in [0.2, 0.25) is 0 Å². The van der Waals surface area contributed by atoms with Crippen molar-refractivity contribution in [2.75, 3.05) is 27.2 Å². The van der Waals surface area contributed by atoms with Gasteiger partial charge in [-0.05, 0) is 45.0 Å². The molecule has 3 atom stereocenters. The largest absolute Gasteiger partial charge is 0.330 e. The van der Waals surface area contributed by atoms with E-state index >= 15 is 0 Å². The van der Waals surface area contributed by atoms with E-state index in [-0.39, 0.29) is 0 Å². The second-order valence-electron chi connectivity index (χ2n) is 5.93. The van der Waals surface area contributed by atoms with Crippen molar-refractivity contribution in [2.24, 2.45) is 11.7 Å². The third-order valence-corrected chi connectivity index (χ3v) is 4.13. The summed E-state index contributed by atoms with van der Waals surface area (Å²) in [5, 5.41) is 3.84. The third-order valence-electron chi connectivity index (χ3n) is 4.13. The quantitative estimate of drug-likeness (QED) is 0.823. The van der Waals surface area contributed by atoms with Crippen molar-refractivity contribution in [1.82, 2.24) is 10.2 Å². The van der Waals surface area contributed by atoms with Gasteiger partial charge in [0, 0.05) is 18.6 Å². The summed E-state index contributed by atoms with van der Waals surface area (Å²) in [4.78, 5) is 2.25. The van der Waals surface area contributed by atoms with Gasteiger partial charge in [-0.25, -0.2) is 0 Å². The van der Waals surface area contributed by atoms with E-state index in [1.54, 1.807) is 0 Å². The fraction of sp³-hybridized carbons (Fsp3) is 0.625. The Labute approximate surface area is 117 Å². The molecule has 2 rings (SSSR count). The highest BCUT2D eigenvalue weighted by Gasteiger charge is 2.28. The molecule has 1 aromatic rings. The van der Waals surface area contributed by atoms with Crippen LogP contribution in [0.5, 0.6) is 0 Å². The van der Waals surface area contributed by atoms with Gasteiger partial charge in [-0.2, -0.15) is 0 Å². The topological polar surface area (TPSA) is 41.3 Å². The lowest BCUT2D eigenvalue weighted by Crippen LogP contribution is -2.41. The lowest BCUT2D eigenvalue weighted by Gasteiger charge is -2.29. The van der Waals surface area contributed by atoms with Gasteiger partial charge in [0.15, 0.2) is 0 Å². The summed E-state index contributed by atoms with van der Waals surface area (Å²) < 4.78 is 0. The van der Waals surface area contributed by atoms with E-state index < -0.39 is 0 Å². The van der Waals surface area contributed by atoms with Crippen LogP contribution in [0.3, 0.4) is 0 Å². The average molecular weight is 261 g/mol. The van der Waals surface area contributed by atoms with Crippen molar-refractivity contribution < 1.29 is 0 Å². The first-order chi connectivity index (χ1) is 9.20. The molecule has 1 fully saturated rings. The molecule has 1 aliphatic carbocycles. The minimum Gasteiger partial charge on any atom is -0.330 e. The van der Waals surface area contributed by atoms with Gasteiger partial charge < -0.3 is 16.0 Å². The number of nitrogens with two attached hydrogens (primary N) is 1. The molecule has 0 radical (unpaired) electrons. The molecule has 3 N–H and O–H groups in total. The summed E-state index contributed by atoms with van der Waals surface area (Å²) >= 11 is 0. The number of nitrogens with one attached hydrogen (secondary N) is 1. The van der Waals surface area contributed by atoms with Gasteiger partial charge in [-0.15, -0.1) is 0 Å². The second-order valence-corrected chi connectivity index (χ2v) is 5.93. The number of benzene rings is 1. The van der Waals surface area contributed by atoms with Crippen molar-refractivity contribution in [3.05, 3.63) is 35.9 Å². The molecule has 0 saturated heterocycles. The SMILES string of the molecule is CN(C)CC(NC1CCCC1CN)c1ccccc1. The minimum atomic E-state index is 0.397. The van der Waals surface area contributed by atoms with Crippen molar-refractivity contribution >= 4 is 0 Å². The van der Waals surface area contributed by atoms with Crippen molar-refractivity contribution in [3.63, 3.8) is 0 Å². The van der Waals surface area contributed by atoms with Crippen LogP contribution in [0.4, 0.5) is 0 Å². The van der Waals surface area contributed by atoms with Crippen LogP contribution >= 0.6 is 0 Å². The van der Waals surface area contributed by atoms with E-state index in [2.05, 4.69) is 54.6 Å². The smallest absolute Gasteiger partial charge is 0.0451 e. The molecule has 0 heterocycles. The molecule has 0 aromatic heterocycles. The summed E-state index contributed by atoms with van der Waals surface area (Å²) in [7, 11) is 4.26. The van der Waals surface area contributed by atoms with Gasteiger partial charge in [0.05, 0.1) is 0 Å². The predicted octanol–water partition coefficient (Wildman–Crippen LogP) is 2.01. The molecule has 1 aromatic carbocycles. The Morgan fingerprint density at radius 2 is 2.00 bits per heavy atom. The molecule has 0 bridgehead atoms. The second kappa shape index (κ2) is 7.04. The number of rotatable bonds is 6. The van der Waals surface area contributed by atoms with Crippen LogP contribution in [0.2, 0.25) is 0 Å². The first kappa shape index (κ1) is 14.5. The summed E-state index contributed by atoms with van der Waals surface area (Å²) in [6.45, 7) is 1.83. The maximum Gasteiger partial charge on any atom is 0.0451 e. The Kier molecular flexibility index (Phi) is 5.37. The van der Waals surface area contributed by atoms with Crippen molar-refractivity contribution in [3.8, 4) is 0 Å².